The van der Waals surface area contributed by atoms with E-state index < -0.39 is 0 Å². The van der Waals surface area contributed by atoms with E-state index in [9.17, 15) is 0 Å². The molecular weight excluding hydrogens is 847 g/mol. The average Bonchev–Trinajstić information content (AvgIpc) is 3.77. The lowest BCUT2D eigenvalue weighted by Gasteiger charge is -2.33. The lowest BCUT2D eigenvalue weighted by atomic mass is 9.54. The summed E-state index contributed by atoms with van der Waals surface area (Å²) in [6.07, 6.45) is 0. The van der Waals surface area contributed by atoms with E-state index in [1.807, 2.05) is 0 Å². The molecule has 0 unspecified atom stereocenters. The van der Waals surface area contributed by atoms with Crippen molar-refractivity contribution in [3.63, 3.8) is 0 Å². The molecule has 29 heteroatoms. The quantitative estimate of drug-likeness (QED) is 0.127. The minimum absolute atomic E-state index is 1.03. The van der Waals surface area contributed by atoms with E-state index in [4.69, 9.17) is 4.42 Å². The van der Waals surface area contributed by atoms with E-state index in [0.29, 0.717) is 0 Å². The van der Waals surface area contributed by atoms with Crippen molar-refractivity contribution in [2.24, 2.45) is 0 Å². The molecule has 0 saturated heterocycles. The minimum atomic E-state index is 1.03. The van der Waals surface area contributed by atoms with Crippen molar-refractivity contribution in [1.82, 2.24) is 0 Å². The van der Waals surface area contributed by atoms with Crippen LogP contribution in [0.15, 0.2) is 4.42 Å². The molecule has 322 valence electrons. The van der Waals surface area contributed by atoms with Gasteiger partial charge in [-0.1, -0.05) is 92.9 Å². The molecule has 8 aromatic carbocycles. The zero-order chi connectivity index (χ0) is 54.1. The lowest BCUT2D eigenvalue weighted by Crippen LogP contribution is -2.55. The smallest absolute Gasteiger partial charge is 0.145 e. The highest BCUT2D eigenvalue weighted by Crippen LogP contribution is 2.39. The molecule has 9 aromatic rings. The number of furan rings is 1. The molecule has 0 bridgehead atoms. The van der Waals surface area contributed by atoms with Crippen LogP contribution < -0.4 is 153 Å². The molecule has 9 rings (SSSR count). The van der Waals surface area contributed by atoms with Gasteiger partial charge in [0.2, 0.25) is 0 Å². The predicted molar refractivity (Wildman–Crippen MR) is 419 cm³/mol. The average molecular weight is 904 g/mol. The third-order valence-corrected chi connectivity index (χ3v) is 21.0. The topological polar surface area (TPSA) is 13.1 Å². The highest BCUT2D eigenvalue weighted by Gasteiger charge is 2.32. The molecule has 1 aromatic heterocycles. The van der Waals surface area contributed by atoms with Gasteiger partial charge in [0.25, 0.3) is 0 Å². The van der Waals surface area contributed by atoms with E-state index in [2.05, 4.69) is 220 Å². The Morgan fingerprint density at radius 3 is 0.603 bits per heavy atom. The molecule has 0 aliphatic carbocycles. The summed E-state index contributed by atoms with van der Waals surface area (Å²) >= 11 is 0. The summed E-state index contributed by atoms with van der Waals surface area (Å²) in [6, 6.07) is 0. The monoisotopic (exact) mass is 909 g/mol. The number of hydrogen-bond acceptors (Lipinski definition) is 1. The van der Waals surface area contributed by atoms with Crippen LogP contribution >= 0.6 is 0 Å². The number of benzene rings is 8. The summed E-state index contributed by atoms with van der Waals surface area (Å²) in [5.74, 6) is 0. The van der Waals surface area contributed by atoms with Crippen LogP contribution in [-0.4, -0.2) is 220 Å². The van der Waals surface area contributed by atoms with Crippen molar-refractivity contribution in [1.29, 1.82) is 0 Å². The van der Waals surface area contributed by atoms with Crippen molar-refractivity contribution in [3.8, 4) is 44.5 Å². The van der Waals surface area contributed by atoms with Crippen molar-refractivity contribution >= 4 is 416 Å². The Balaban J connectivity index is 1.49. The first-order chi connectivity index (χ1) is 34.0. The number of hydrogen-bond donors (Lipinski definition) is 0. The van der Waals surface area contributed by atoms with Crippen molar-refractivity contribution in [2.75, 3.05) is 0 Å². The zero-order valence-electron chi connectivity index (χ0n) is 50.4. The van der Waals surface area contributed by atoms with E-state index in [1.54, 1.807) is 0 Å². The second-order valence-electron chi connectivity index (χ2n) is 23.5. The Morgan fingerprint density at radius 2 is 0.288 bits per heavy atom. The first-order valence-corrected chi connectivity index (χ1v) is 27.2. The van der Waals surface area contributed by atoms with Gasteiger partial charge in [-0.25, -0.2) is 0 Å². The predicted octanol–water partition coefficient (Wildman–Crippen LogP) is -36.2. The van der Waals surface area contributed by atoms with Crippen LogP contribution in [0.5, 0.6) is 0 Å². The molecule has 0 fully saturated rings. The summed E-state index contributed by atoms with van der Waals surface area (Å²) in [5, 5.41) is 8.22. The first-order valence-electron chi connectivity index (χ1n) is 27.2. The summed E-state index contributed by atoms with van der Waals surface area (Å²) in [6.45, 7) is 0. The summed E-state index contributed by atoms with van der Waals surface area (Å²) in [7, 11) is 66.2. The molecule has 0 radical (unpaired) electrons. The molecule has 0 aliphatic heterocycles. The maximum atomic E-state index is 7.15. The molecular formula is C44H56B28O. The lowest BCUT2D eigenvalue weighted by molar-refractivity contribution is 0.675. The molecule has 0 aliphatic rings. The van der Waals surface area contributed by atoms with Gasteiger partial charge in [0, 0.05) is 10.8 Å². The van der Waals surface area contributed by atoms with Gasteiger partial charge in [-0.05, 0) is 71.5 Å². The molecule has 0 spiro atoms. The fourth-order valence-corrected chi connectivity index (χ4v) is 14.2. The molecule has 1 nitrogen and oxygen atoms in total. The van der Waals surface area contributed by atoms with E-state index >= 15 is 0 Å². The molecule has 0 saturated carbocycles. The van der Waals surface area contributed by atoms with Crippen LogP contribution in [0.4, 0.5) is 0 Å². The van der Waals surface area contributed by atoms with Crippen LogP contribution in [0.3, 0.4) is 0 Å². The van der Waals surface area contributed by atoms with Gasteiger partial charge in [0.1, 0.15) is 231 Å². The Hall–Kier alpha value is -4.10. The van der Waals surface area contributed by atoms with E-state index in [-0.39, 0.29) is 0 Å². The summed E-state index contributed by atoms with van der Waals surface area (Å²) in [4.78, 5) is 0. The maximum absolute atomic E-state index is 7.15. The fourth-order valence-electron chi connectivity index (χ4n) is 14.2. The van der Waals surface area contributed by atoms with Crippen molar-refractivity contribution in [3.05, 3.63) is 0 Å². The molecule has 0 atom stereocenters. The van der Waals surface area contributed by atoms with Gasteiger partial charge in [-0.15, -0.1) is 54.6 Å². The standard InChI is InChI=1S/C44H56B28O/c45-15-3-1(4-6(18(48)34(64)32(62)16(4)46)2(5(3)17(47)33(63)31(15)61)10-26(56)37(67)40(70)38(68)27(10)57)9-21(51)23(53)11(24(54)22(9)52)7-8(20(50)36(66)35(65)19(7)49)12-25(55)28(58)13-14-29(59)39(69)41(71)42(72)44(14)73-43(13)30(12)60/h45-72H2. The van der Waals surface area contributed by atoms with Gasteiger partial charge in [0.05, 0.1) is 0 Å². The largest absolute Gasteiger partial charge is 0.457 e. The second-order valence-corrected chi connectivity index (χ2v) is 23.5. The van der Waals surface area contributed by atoms with Crippen molar-refractivity contribution in [2.45, 2.75) is 0 Å². The SMILES string of the molecule is Bc1c(B)c(B)c(-c2c3c(B)c(B)c(B)c(B)c3c(-c3c(B)c(B)c(-c4c(B)c(B)c(B)c(B)c4-c4c(B)c(B)c5c(oc6c(B)c(B)c(B)c(B)c65)c4B)c(B)c3B)c3c(B)c(B)c(B)c(B)c23)c(B)c1B. The summed E-state index contributed by atoms with van der Waals surface area (Å²) < 4.78 is 7.15. The Morgan fingerprint density at radius 1 is 0.123 bits per heavy atom. The second kappa shape index (κ2) is 18.3. The van der Waals surface area contributed by atoms with Gasteiger partial charge in [0.15, 0.2) is 0 Å². The Labute approximate surface area is 461 Å². The molecule has 0 amide bonds. The Kier molecular flexibility index (Phi) is 13.5. The zero-order valence-corrected chi connectivity index (χ0v) is 50.4. The van der Waals surface area contributed by atoms with Crippen LogP contribution in [0, 0.1) is 0 Å². The van der Waals surface area contributed by atoms with Crippen molar-refractivity contribution < 1.29 is 4.42 Å². The Bertz CT molecular complexity index is 3980. The normalized spacial score (nSPS) is 11.7. The molecule has 73 heavy (non-hydrogen) atoms. The summed E-state index contributed by atoms with van der Waals surface area (Å²) in [5.41, 5.74) is 51.3. The van der Waals surface area contributed by atoms with Gasteiger partial charge in [-0.2, -0.15) is 0 Å². The van der Waals surface area contributed by atoms with Crippen LogP contribution in [0.25, 0.3) is 88.0 Å². The number of fused-ring (bicyclic) bond motifs is 5. The van der Waals surface area contributed by atoms with E-state index in [1.165, 1.54) is 230 Å². The van der Waals surface area contributed by atoms with Gasteiger partial charge < -0.3 is 4.42 Å². The van der Waals surface area contributed by atoms with Crippen LogP contribution in [0.2, 0.25) is 0 Å². The third-order valence-electron chi connectivity index (χ3n) is 21.0. The molecule has 0 N–H and O–H groups in total. The fraction of sp³-hybridized carbons (Fsp3) is 0. The maximum Gasteiger partial charge on any atom is 0.145 e. The number of rotatable bonds is 4. The third kappa shape index (κ3) is 7.09. The molecule has 1 heterocycles. The highest BCUT2D eigenvalue weighted by atomic mass is 16.3. The first kappa shape index (κ1) is 53.7. The van der Waals surface area contributed by atoms with Crippen LogP contribution in [-0.2, 0) is 0 Å². The minimum Gasteiger partial charge on any atom is -0.457 e. The highest BCUT2D eigenvalue weighted by molar-refractivity contribution is 6.77. The van der Waals surface area contributed by atoms with Gasteiger partial charge in [-0.3, -0.25) is 0 Å². The van der Waals surface area contributed by atoms with E-state index in [0.717, 1.165) is 11.2 Å². The van der Waals surface area contributed by atoms with Gasteiger partial charge >= 0.3 is 0 Å². The van der Waals surface area contributed by atoms with Crippen LogP contribution in [0.1, 0.15) is 0 Å².